The Kier molecular flexibility index (Phi) is 7.04. The second-order valence-electron chi connectivity index (χ2n) is 6.40. The van der Waals surface area contributed by atoms with Crippen LogP contribution in [0.2, 0.25) is 0 Å². The molecule has 0 aromatic heterocycles. The van der Waals surface area contributed by atoms with Crippen molar-refractivity contribution in [1.82, 2.24) is 0 Å². The Balaban J connectivity index is 2.18. The van der Waals surface area contributed by atoms with Gasteiger partial charge in [-0.3, -0.25) is 4.55 Å². The van der Waals surface area contributed by atoms with Crippen LogP contribution < -0.4 is 9.47 Å². The summed E-state index contributed by atoms with van der Waals surface area (Å²) in [5, 5.41) is -5.11. The van der Waals surface area contributed by atoms with E-state index in [4.69, 9.17) is 9.29 Å². The summed E-state index contributed by atoms with van der Waals surface area (Å²) in [5.74, 6) is -3.44. The normalized spacial score (nSPS) is 11.7. The van der Waals surface area contributed by atoms with Crippen molar-refractivity contribution < 1.29 is 40.8 Å². The van der Waals surface area contributed by atoms with E-state index in [-0.39, 0.29) is 5.75 Å². The molecule has 0 aliphatic rings. The molecule has 0 spiro atoms. The topological polar surface area (TPSA) is 107 Å². The van der Waals surface area contributed by atoms with Crippen LogP contribution in [0, 0.1) is 6.92 Å². The lowest BCUT2D eigenvalue weighted by Crippen LogP contribution is -2.40. The van der Waals surface area contributed by atoms with E-state index in [9.17, 15) is 26.8 Å². The molecule has 30 heavy (non-hydrogen) atoms. The van der Waals surface area contributed by atoms with Crippen LogP contribution in [0.15, 0.2) is 36.4 Å². The van der Waals surface area contributed by atoms with Crippen LogP contribution in [0.1, 0.15) is 27.0 Å². The molecule has 7 nitrogen and oxygen atoms in total. The third-order valence-corrected chi connectivity index (χ3v) is 5.06. The Morgan fingerprint density at radius 2 is 1.57 bits per heavy atom. The maximum absolute atomic E-state index is 13.2. The number of alkyl halides is 2. The highest BCUT2D eigenvalue weighted by Gasteiger charge is 2.54. The van der Waals surface area contributed by atoms with Gasteiger partial charge in [0.1, 0.15) is 27.2 Å². The molecule has 0 aliphatic heterocycles. The number of aryl methyl sites for hydroxylation is 1. The third-order valence-electron chi connectivity index (χ3n) is 4.25. The van der Waals surface area contributed by atoms with Crippen molar-refractivity contribution in [2.45, 2.75) is 24.8 Å². The van der Waals surface area contributed by atoms with E-state index in [1.165, 1.54) is 12.1 Å². The number of esters is 2. The Morgan fingerprint density at radius 3 is 2.03 bits per heavy atom. The van der Waals surface area contributed by atoms with Gasteiger partial charge >= 0.3 is 27.3 Å². The molecule has 0 saturated carbocycles. The van der Waals surface area contributed by atoms with E-state index in [1.54, 1.807) is 6.07 Å². The smallest absolute Gasteiger partial charge is 0.423 e. The minimum absolute atomic E-state index is 0.0583. The number of carbonyl (C=O) groups excluding carboxylic acids is 2. The Bertz CT molecular complexity index is 1070. The van der Waals surface area contributed by atoms with Crippen LogP contribution in [-0.4, -0.2) is 45.9 Å². The maximum Gasteiger partial charge on any atom is 0.466 e. The summed E-state index contributed by atoms with van der Waals surface area (Å²) < 4.78 is 65.6. The van der Waals surface area contributed by atoms with Crippen LogP contribution >= 0.6 is 0 Å². The highest BCUT2D eigenvalue weighted by atomic mass is 32.2. The fraction of sp³-hybridized carbons (Fsp3) is 0.222. The monoisotopic (exact) mass is 438 g/mol. The van der Waals surface area contributed by atoms with E-state index >= 15 is 0 Å². The zero-order valence-electron chi connectivity index (χ0n) is 16.4. The molecular formula is C18H18B2F2O7S. The average Bonchev–Trinajstić information content (AvgIpc) is 2.67. The van der Waals surface area contributed by atoms with Crippen LogP contribution in [0.5, 0.6) is 11.5 Å². The van der Waals surface area contributed by atoms with Gasteiger partial charge in [0.15, 0.2) is 0 Å². The molecule has 2 aromatic carbocycles. The molecule has 2 rings (SSSR count). The summed E-state index contributed by atoms with van der Waals surface area (Å²) in [6.45, 7) is 1.86. The molecule has 0 amide bonds. The van der Waals surface area contributed by atoms with Gasteiger partial charge in [0.2, 0.25) is 0 Å². The lowest BCUT2D eigenvalue weighted by molar-refractivity contribution is -0.151. The third kappa shape index (κ3) is 5.06. The molecule has 158 valence electrons. The summed E-state index contributed by atoms with van der Waals surface area (Å²) in [4.78, 5) is 23.9. The van der Waals surface area contributed by atoms with Gasteiger partial charge < -0.3 is 9.47 Å². The van der Waals surface area contributed by atoms with Gasteiger partial charge in [-0.05, 0) is 42.8 Å². The average molecular weight is 438 g/mol. The van der Waals surface area contributed by atoms with Crippen LogP contribution in [-0.2, 0) is 27.6 Å². The van der Waals surface area contributed by atoms with Gasteiger partial charge in [0, 0.05) is 0 Å². The summed E-state index contributed by atoms with van der Waals surface area (Å²) in [6.07, 6.45) is 1.38. The quantitative estimate of drug-likeness (QED) is 0.296. The van der Waals surface area contributed by atoms with E-state index in [1.807, 2.05) is 28.7 Å². The number of halogens is 2. The van der Waals surface area contributed by atoms with Crippen molar-refractivity contribution in [2.75, 3.05) is 0 Å². The molecule has 2 aromatic rings. The van der Waals surface area contributed by atoms with Crippen LogP contribution in [0.3, 0.4) is 0 Å². The lowest BCUT2D eigenvalue weighted by Gasteiger charge is -2.14. The lowest BCUT2D eigenvalue weighted by atomic mass is 9.83. The Labute approximate surface area is 173 Å². The second-order valence-corrected chi connectivity index (χ2v) is 7.86. The first-order valence-corrected chi connectivity index (χ1v) is 10.4. The first-order valence-electron chi connectivity index (χ1n) is 8.92. The van der Waals surface area contributed by atoms with E-state index in [0.29, 0.717) is 11.9 Å². The minimum atomic E-state index is -5.97. The highest BCUT2D eigenvalue weighted by Crippen LogP contribution is 2.26. The van der Waals surface area contributed by atoms with Crippen molar-refractivity contribution in [2.24, 2.45) is 0 Å². The zero-order chi connectivity index (χ0) is 22.7. The zero-order valence-corrected chi connectivity index (χ0v) is 17.3. The van der Waals surface area contributed by atoms with Crippen molar-refractivity contribution in [3.05, 3.63) is 58.7 Å². The SMILES string of the molecule is BCc1cc(C)cc(C(=O)Oc2ccc(OC(=O)C(F)(F)S(=O)(=O)O)cc2)c1CB. The van der Waals surface area contributed by atoms with Gasteiger partial charge in [-0.25, -0.2) is 9.59 Å². The highest BCUT2D eigenvalue weighted by molar-refractivity contribution is 7.87. The Morgan fingerprint density at radius 1 is 1.03 bits per heavy atom. The summed E-state index contributed by atoms with van der Waals surface area (Å²) in [7, 11) is -2.07. The number of rotatable bonds is 7. The standard InChI is InChI=1S/C18H18B2F2O7S/c1-10-6-11(8-19)15(9-20)14(7-10)16(23)28-12-2-4-13(5-3-12)29-17(24)18(21,22)30(25,26)27/h2-7H,8-9,19-20H2,1H3,(H,25,26,27). The van der Waals surface area contributed by atoms with E-state index in [2.05, 4.69) is 4.74 Å². The molecule has 0 radical (unpaired) electrons. The van der Waals surface area contributed by atoms with Gasteiger partial charge in [0.05, 0.1) is 5.56 Å². The fourth-order valence-corrected chi connectivity index (χ4v) is 3.07. The largest absolute Gasteiger partial charge is 0.466 e. The van der Waals surface area contributed by atoms with Crippen molar-refractivity contribution in [3.63, 3.8) is 0 Å². The predicted molar refractivity (Wildman–Crippen MR) is 109 cm³/mol. The van der Waals surface area contributed by atoms with Crippen LogP contribution in [0.25, 0.3) is 0 Å². The molecule has 0 atom stereocenters. The number of hydrogen-bond donors (Lipinski definition) is 1. The van der Waals surface area contributed by atoms with Crippen molar-refractivity contribution in [1.29, 1.82) is 0 Å². The second kappa shape index (κ2) is 8.97. The Hall–Kier alpha value is -2.72. The van der Waals surface area contributed by atoms with Gasteiger partial charge in [0.25, 0.3) is 0 Å². The summed E-state index contributed by atoms with van der Waals surface area (Å²) in [5.41, 5.74) is 3.22. The van der Waals surface area contributed by atoms with Gasteiger partial charge in [-0.15, -0.1) is 0 Å². The molecule has 0 fully saturated rings. The van der Waals surface area contributed by atoms with Crippen molar-refractivity contribution >= 4 is 37.7 Å². The minimum Gasteiger partial charge on any atom is -0.423 e. The number of carbonyl (C=O) groups is 2. The molecule has 12 heteroatoms. The predicted octanol–water partition coefficient (Wildman–Crippen LogP) is 0.866. The number of ether oxygens (including phenoxy) is 2. The molecule has 0 saturated heterocycles. The molecule has 0 heterocycles. The molecule has 0 unspecified atom stereocenters. The first kappa shape index (κ1) is 23.6. The molecule has 1 N–H and O–H groups in total. The van der Waals surface area contributed by atoms with E-state index < -0.39 is 33.1 Å². The maximum atomic E-state index is 13.2. The first-order chi connectivity index (χ1) is 13.9. The summed E-state index contributed by atoms with van der Waals surface area (Å²) >= 11 is 0. The fourth-order valence-electron chi connectivity index (χ4n) is 2.82. The van der Waals surface area contributed by atoms with Gasteiger partial charge in [-0.2, -0.15) is 17.2 Å². The number of benzene rings is 2. The molecular weight excluding hydrogens is 420 g/mol. The van der Waals surface area contributed by atoms with Crippen LogP contribution in [0.4, 0.5) is 8.78 Å². The van der Waals surface area contributed by atoms with Crippen molar-refractivity contribution in [3.8, 4) is 11.5 Å². The van der Waals surface area contributed by atoms with E-state index in [0.717, 1.165) is 35.1 Å². The summed E-state index contributed by atoms with van der Waals surface area (Å²) in [6, 6.07) is 8.17. The van der Waals surface area contributed by atoms with Gasteiger partial charge in [-0.1, -0.05) is 29.8 Å². The molecule has 0 bridgehead atoms. The number of hydrogen-bond acceptors (Lipinski definition) is 6. The molecule has 0 aliphatic carbocycles.